The molecule has 0 saturated heterocycles. The first kappa shape index (κ1) is 26.0. The van der Waals surface area contributed by atoms with Crippen LogP contribution >= 0.6 is 11.6 Å². The van der Waals surface area contributed by atoms with E-state index in [-0.39, 0.29) is 5.91 Å². The van der Waals surface area contributed by atoms with Crippen molar-refractivity contribution in [1.29, 1.82) is 0 Å². The molecule has 0 aliphatic carbocycles. The number of benzene rings is 4. The van der Waals surface area contributed by atoms with Crippen molar-refractivity contribution >= 4 is 29.2 Å². The van der Waals surface area contributed by atoms with Gasteiger partial charge in [0.05, 0.1) is 31.5 Å². The van der Waals surface area contributed by atoms with E-state index in [0.29, 0.717) is 51.1 Å². The number of hydrogen-bond donors (Lipinski definition) is 0. The number of hydrazone groups is 1. The Bertz CT molecular complexity index is 1540. The summed E-state index contributed by atoms with van der Waals surface area (Å²) in [5, 5.41) is 6.65. The summed E-state index contributed by atoms with van der Waals surface area (Å²) < 4.78 is 16.7. The Morgan fingerprint density at radius 3 is 2.10 bits per heavy atom. The van der Waals surface area contributed by atoms with Gasteiger partial charge in [0, 0.05) is 22.6 Å². The predicted molar refractivity (Wildman–Crippen MR) is 149 cm³/mol. The van der Waals surface area contributed by atoms with Crippen LogP contribution in [0, 0.1) is 0 Å². The molecule has 39 heavy (non-hydrogen) atoms. The summed E-state index contributed by atoms with van der Waals surface area (Å²) in [4.78, 5) is 26.5. The molecule has 8 heteroatoms. The lowest BCUT2D eigenvalue weighted by atomic mass is 9.97. The monoisotopic (exact) mass is 540 g/mol. The minimum atomic E-state index is -0.508. The summed E-state index contributed by atoms with van der Waals surface area (Å²) in [5.74, 6) is 0.635. The number of esters is 1. The lowest BCUT2D eigenvalue weighted by Gasteiger charge is -2.23. The normalized spacial score (nSPS) is 14.5. The van der Waals surface area contributed by atoms with Gasteiger partial charge in [0.1, 0.15) is 5.75 Å². The van der Waals surface area contributed by atoms with Crippen LogP contribution in [-0.2, 0) is 0 Å². The molecule has 1 amide bonds. The van der Waals surface area contributed by atoms with E-state index in [1.165, 1.54) is 5.01 Å². The Hall–Kier alpha value is -4.62. The summed E-state index contributed by atoms with van der Waals surface area (Å²) in [7, 11) is 3.13. The molecule has 1 aliphatic heterocycles. The second-order valence-electron chi connectivity index (χ2n) is 8.79. The summed E-state index contributed by atoms with van der Waals surface area (Å²) >= 11 is 6.36. The average Bonchev–Trinajstić information content (AvgIpc) is 3.43. The fourth-order valence-electron chi connectivity index (χ4n) is 4.44. The third-order valence-corrected chi connectivity index (χ3v) is 6.63. The lowest BCUT2D eigenvalue weighted by molar-refractivity contribution is 0.0708. The van der Waals surface area contributed by atoms with Crippen molar-refractivity contribution < 1.29 is 23.8 Å². The van der Waals surface area contributed by atoms with Gasteiger partial charge in [0.15, 0.2) is 11.5 Å². The van der Waals surface area contributed by atoms with Gasteiger partial charge in [-0.3, -0.25) is 4.79 Å². The van der Waals surface area contributed by atoms with Gasteiger partial charge in [0.2, 0.25) is 0 Å². The second-order valence-corrected chi connectivity index (χ2v) is 9.23. The molecule has 0 N–H and O–H groups in total. The van der Waals surface area contributed by atoms with Crippen LogP contribution in [0.15, 0.2) is 102 Å². The SMILES string of the molecule is COc1ccc(C2CC(c3cc(Cl)ccc3OC(=O)c3ccccc3)=NN2C(=O)c2ccccc2)cc1OC. The Morgan fingerprint density at radius 2 is 1.44 bits per heavy atom. The molecule has 0 saturated carbocycles. The van der Waals surface area contributed by atoms with E-state index in [0.717, 1.165) is 5.56 Å². The zero-order valence-electron chi connectivity index (χ0n) is 21.3. The molecule has 7 nitrogen and oxygen atoms in total. The highest BCUT2D eigenvalue weighted by Crippen LogP contribution is 2.39. The number of carbonyl (C=O) groups is 2. The predicted octanol–water partition coefficient (Wildman–Crippen LogP) is 6.57. The lowest BCUT2D eigenvalue weighted by Crippen LogP contribution is -2.27. The van der Waals surface area contributed by atoms with Gasteiger partial charge in [-0.05, 0) is 60.2 Å². The van der Waals surface area contributed by atoms with E-state index in [1.807, 2.05) is 24.3 Å². The Balaban J connectivity index is 1.55. The third kappa shape index (κ3) is 5.49. The largest absolute Gasteiger partial charge is 0.493 e. The van der Waals surface area contributed by atoms with E-state index >= 15 is 0 Å². The van der Waals surface area contributed by atoms with Crippen LogP contribution < -0.4 is 14.2 Å². The number of rotatable bonds is 7. The molecule has 196 valence electrons. The topological polar surface area (TPSA) is 77.4 Å². The van der Waals surface area contributed by atoms with Gasteiger partial charge in [-0.1, -0.05) is 54.1 Å². The van der Waals surface area contributed by atoms with Gasteiger partial charge in [0.25, 0.3) is 5.91 Å². The van der Waals surface area contributed by atoms with E-state index in [9.17, 15) is 9.59 Å². The standard InChI is InChI=1S/C31H25ClN2O5/c1-37-28-15-13-22(17-29(28)38-2)26-19-25(33-34(26)30(35)20-9-5-3-6-10-20)24-18-23(32)14-16-27(24)39-31(36)21-11-7-4-8-12-21/h3-18,26H,19H2,1-2H3. The molecule has 0 spiro atoms. The molecule has 4 aromatic carbocycles. The number of methoxy groups -OCH3 is 2. The van der Waals surface area contributed by atoms with Crippen molar-refractivity contribution in [2.24, 2.45) is 5.10 Å². The average molecular weight is 541 g/mol. The molecule has 0 radical (unpaired) electrons. The molecule has 0 aromatic heterocycles. The van der Waals surface area contributed by atoms with Gasteiger partial charge in [-0.25, -0.2) is 9.80 Å². The smallest absolute Gasteiger partial charge is 0.343 e. The summed E-state index contributed by atoms with van der Waals surface area (Å²) in [5.41, 5.74) is 2.80. The maximum Gasteiger partial charge on any atom is 0.343 e. The summed E-state index contributed by atoms with van der Waals surface area (Å²) in [6, 6.07) is 27.7. The van der Waals surface area contributed by atoms with Gasteiger partial charge >= 0.3 is 5.97 Å². The second kappa shape index (κ2) is 11.4. The highest BCUT2D eigenvalue weighted by atomic mass is 35.5. The third-order valence-electron chi connectivity index (χ3n) is 6.40. The van der Waals surface area contributed by atoms with Crippen LogP contribution in [0.5, 0.6) is 17.2 Å². The van der Waals surface area contributed by atoms with Crippen molar-refractivity contribution in [3.63, 3.8) is 0 Å². The van der Waals surface area contributed by atoms with Crippen molar-refractivity contribution in [2.75, 3.05) is 14.2 Å². The molecular weight excluding hydrogens is 516 g/mol. The van der Waals surface area contributed by atoms with Crippen molar-refractivity contribution in [1.82, 2.24) is 5.01 Å². The van der Waals surface area contributed by atoms with Crippen molar-refractivity contribution in [2.45, 2.75) is 12.5 Å². The number of amides is 1. The molecule has 0 fully saturated rings. The Morgan fingerprint density at radius 1 is 0.795 bits per heavy atom. The molecule has 4 aromatic rings. The summed E-state index contributed by atoms with van der Waals surface area (Å²) in [6.07, 6.45) is 0.351. The van der Waals surface area contributed by atoms with Gasteiger partial charge < -0.3 is 14.2 Å². The fraction of sp³-hybridized carbons (Fsp3) is 0.129. The van der Waals surface area contributed by atoms with Gasteiger partial charge in [-0.2, -0.15) is 5.10 Å². The number of nitrogens with zero attached hydrogens (tertiary/aromatic N) is 2. The molecule has 1 atom stereocenters. The van der Waals surface area contributed by atoms with E-state index in [2.05, 4.69) is 0 Å². The Kier molecular flexibility index (Phi) is 7.61. The summed E-state index contributed by atoms with van der Waals surface area (Å²) in [6.45, 7) is 0. The fourth-order valence-corrected chi connectivity index (χ4v) is 4.61. The molecule has 1 aliphatic rings. The van der Waals surface area contributed by atoms with Crippen LogP contribution in [0.1, 0.15) is 44.3 Å². The minimum Gasteiger partial charge on any atom is -0.493 e. The quantitative estimate of drug-likeness (QED) is 0.196. The number of hydrogen-bond acceptors (Lipinski definition) is 6. The van der Waals surface area contributed by atoms with E-state index < -0.39 is 12.0 Å². The van der Waals surface area contributed by atoms with E-state index in [1.54, 1.807) is 87.0 Å². The molecular formula is C31H25ClN2O5. The minimum absolute atomic E-state index is 0.268. The first-order valence-electron chi connectivity index (χ1n) is 12.2. The number of carbonyl (C=O) groups excluding carboxylic acids is 2. The van der Waals surface area contributed by atoms with Crippen LogP contribution in [0.25, 0.3) is 0 Å². The molecule has 1 unspecified atom stereocenters. The first-order valence-corrected chi connectivity index (χ1v) is 12.6. The highest BCUT2D eigenvalue weighted by Gasteiger charge is 2.35. The van der Waals surface area contributed by atoms with Gasteiger partial charge in [-0.15, -0.1) is 0 Å². The number of halogens is 1. The van der Waals surface area contributed by atoms with Crippen LogP contribution in [-0.4, -0.2) is 36.8 Å². The Labute approximate surface area is 231 Å². The van der Waals surface area contributed by atoms with Crippen LogP contribution in [0.3, 0.4) is 0 Å². The maximum atomic E-state index is 13.7. The zero-order chi connectivity index (χ0) is 27.4. The van der Waals surface area contributed by atoms with E-state index in [4.69, 9.17) is 30.9 Å². The first-order chi connectivity index (χ1) is 19.0. The maximum absolute atomic E-state index is 13.7. The molecule has 1 heterocycles. The van der Waals surface area contributed by atoms with Crippen molar-refractivity contribution in [3.8, 4) is 17.2 Å². The molecule has 5 rings (SSSR count). The van der Waals surface area contributed by atoms with Crippen molar-refractivity contribution in [3.05, 3.63) is 124 Å². The number of ether oxygens (including phenoxy) is 3. The molecule has 0 bridgehead atoms. The van der Waals surface area contributed by atoms with Crippen LogP contribution in [0.2, 0.25) is 5.02 Å². The highest BCUT2D eigenvalue weighted by molar-refractivity contribution is 6.31. The zero-order valence-corrected chi connectivity index (χ0v) is 22.1. The van der Waals surface area contributed by atoms with Crippen LogP contribution in [0.4, 0.5) is 0 Å².